The number of hydrogen-bond donors (Lipinski definition) is 0. The smallest absolute Gasteiger partial charge is 0.225 e. The second kappa shape index (κ2) is 3.68. The molecule has 1 aromatic rings. The van der Waals surface area contributed by atoms with Crippen molar-refractivity contribution in [3.8, 4) is 0 Å². The summed E-state index contributed by atoms with van der Waals surface area (Å²) in [5.41, 5.74) is 2.43. The Morgan fingerprint density at radius 2 is 2.19 bits per heavy atom. The third-order valence-corrected chi connectivity index (χ3v) is 3.27. The molecule has 5 nitrogen and oxygen atoms in total. The van der Waals surface area contributed by atoms with Gasteiger partial charge >= 0.3 is 0 Å². The largest absolute Gasteiger partial charge is 0.378 e. The maximum absolute atomic E-state index is 5.24. The molecule has 5 heteroatoms. The third kappa shape index (κ3) is 1.56. The first kappa shape index (κ1) is 9.99. The van der Waals surface area contributed by atoms with Crippen molar-refractivity contribution in [3.05, 3.63) is 17.5 Å². The Morgan fingerprint density at radius 3 is 2.94 bits per heavy atom. The number of aromatic nitrogens is 2. The van der Waals surface area contributed by atoms with Crippen LogP contribution < -0.4 is 4.90 Å². The second-order valence-corrected chi connectivity index (χ2v) is 4.58. The van der Waals surface area contributed by atoms with Crippen LogP contribution in [-0.2, 0) is 17.8 Å². The summed E-state index contributed by atoms with van der Waals surface area (Å²) in [7, 11) is 3.85. The van der Waals surface area contributed by atoms with Gasteiger partial charge in [-0.3, -0.25) is 4.90 Å². The van der Waals surface area contributed by atoms with Crippen molar-refractivity contribution < 1.29 is 4.74 Å². The van der Waals surface area contributed by atoms with Crippen LogP contribution in [0.15, 0.2) is 6.20 Å². The first-order valence-electron chi connectivity index (χ1n) is 5.57. The predicted octanol–water partition coefficient (Wildman–Crippen LogP) is 0.257. The summed E-state index contributed by atoms with van der Waals surface area (Å²) >= 11 is 0. The van der Waals surface area contributed by atoms with Crippen molar-refractivity contribution in [3.63, 3.8) is 0 Å². The van der Waals surface area contributed by atoms with E-state index >= 15 is 0 Å². The van der Waals surface area contributed by atoms with E-state index in [0.717, 1.165) is 32.1 Å². The second-order valence-electron chi connectivity index (χ2n) is 4.58. The molecule has 1 aromatic heterocycles. The Balaban J connectivity index is 1.76. The van der Waals surface area contributed by atoms with Gasteiger partial charge in [-0.2, -0.15) is 0 Å². The van der Waals surface area contributed by atoms with Gasteiger partial charge in [0.25, 0.3) is 0 Å². The first-order valence-corrected chi connectivity index (χ1v) is 5.57. The molecule has 3 rings (SSSR count). The summed E-state index contributed by atoms with van der Waals surface area (Å²) in [5, 5.41) is 0. The number of rotatable bonds is 2. The molecule has 0 saturated carbocycles. The summed E-state index contributed by atoms with van der Waals surface area (Å²) in [4.78, 5) is 13.4. The molecule has 2 aliphatic rings. The average Bonchev–Trinajstić information content (AvgIpc) is 2.55. The van der Waals surface area contributed by atoms with Gasteiger partial charge in [-0.25, -0.2) is 9.97 Å². The predicted molar refractivity (Wildman–Crippen MR) is 60.2 cm³/mol. The highest BCUT2D eigenvalue weighted by Crippen LogP contribution is 2.23. The maximum atomic E-state index is 5.24. The lowest BCUT2D eigenvalue weighted by Gasteiger charge is -2.38. The van der Waals surface area contributed by atoms with E-state index in [4.69, 9.17) is 4.74 Å². The van der Waals surface area contributed by atoms with Gasteiger partial charge in [-0.1, -0.05) is 0 Å². The Labute approximate surface area is 95.0 Å². The van der Waals surface area contributed by atoms with Crippen LogP contribution in [0.2, 0.25) is 0 Å². The summed E-state index contributed by atoms with van der Waals surface area (Å²) in [5.74, 6) is 0.849. The topological polar surface area (TPSA) is 41.5 Å². The van der Waals surface area contributed by atoms with E-state index in [9.17, 15) is 0 Å². The van der Waals surface area contributed by atoms with Gasteiger partial charge in [0.15, 0.2) is 0 Å². The fourth-order valence-corrected chi connectivity index (χ4v) is 2.21. The number of nitrogens with zero attached hydrogens (tertiary/aromatic N) is 4. The van der Waals surface area contributed by atoms with Crippen molar-refractivity contribution in [1.82, 2.24) is 14.9 Å². The van der Waals surface area contributed by atoms with Crippen LogP contribution in [0.1, 0.15) is 11.3 Å². The SMILES string of the molecule is COC1CN(c2ncc3c(n2)CN(C)C3)C1. The molecule has 3 heterocycles. The van der Waals surface area contributed by atoms with E-state index in [1.165, 1.54) is 11.3 Å². The number of ether oxygens (including phenoxy) is 1. The van der Waals surface area contributed by atoms with Crippen LogP contribution in [0.4, 0.5) is 5.95 Å². The third-order valence-electron chi connectivity index (χ3n) is 3.27. The minimum Gasteiger partial charge on any atom is -0.378 e. The Hall–Kier alpha value is -1.20. The molecule has 0 spiro atoms. The zero-order chi connectivity index (χ0) is 11.1. The molecule has 86 valence electrons. The number of anilines is 1. The normalized spacial score (nSPS) is 21.0. The van der Waals surface area contributed by atoms with Crippen molar-refractivity contribution in [2.24, 2.45) is 0 Å². The molecule has 1 saturated heterocycles. The zero-order valence-corrected chi connectivity index (χ0v) is 9.68. The molecule has 1 fully saturated rings. The molecule has 0 unspecified atom stereocenters. The Bertz CT molecular complexity index is 403. The van der Waals surface area contributed by atoms with Gasteiger partial charge < -0.3 is 9.64 Å². The fraction of sp³-hybridized carbons (Fsp3) is 0.636. The van der Waals surface area contributed by atoms with Crippen molar-refractivity contribution in [2.75, 3.05) is 32.1 Å². The van der Waals surface area contributed by atoms with Crippen LogP contribution in [0.25, 0.3) is 0 Å². The lowest BCUT2D eigenvalue weighted by Crippen LogP contribution is -2.52. The molecule has 16 heavy (non-hydrogen) atoms. The van der Waals surface area contributed by atoms with E-state index < -0.39 is 0 Å². The molecule has 0 atom stereocenters. The van der Waals surface area contributed by atoms with E-state index in [0.29, 0.717) is 6.10 Å². The molecule has 0 aromatic carbocycles. The van der Waals surface area contributed by atoms with Crippen molar-refractivity contribution in [1.29, 1.82) is 0 Å². The lowest BCUT2D eigenvalue weighted by atomic mass is 10.2. The summed E-state index contributed by atoms with van der Waals surface area (Å²) in [6, 6.07) is 0. The molecular formula is C11H16N4O. The highest BCUT2D eigenvalue weighted by Gasteiger charge is 2.29. The van der Waals surface area contributed by atoms with Crippen molar-refractivity contribution in [2.45, 2.75) is 19.2 Å². The van der Waals surface area contributed by atoms with Crippen LogP contribution in [0, 0.1) is 0 Å². The average molecular weight is 220 g/mol. The van der Waals surface area contributed by atoms with Gasteiger partial charge in [-0.15, -0.1) is 0 Å². The van der Waals surface area contributed by atoms with E-state index in [1.807, 2.05) is 6.20 Å². The highest BCUT2D eigenvalue weighted by molar-refractivity contribution is 5.38. The standard InChI is InChI=1S/C11H16N4O/c1-14-4-8-3-12-11(13-10(8)7-14)15-5-9(6-15)16-2/h3,9H,4-7H2,1-2H3. The lowest BCUT2D eigenvalue weighted by molar-refractivity contribution is 0.0778. The quantitative estimate of drug-likeness (QED) is 0.715. The van der Waals surface area contributed by atoms with Crippen LogP contribution >= 0.6 is 0 Å². The van der Waals surface area contributed by atoms with Gasteiger partial charge in [0.1, 0.15) is 0 Å². The molecule has 0 aliphatic carbocycles. The summed E-state index contributed by atoms with van der Waals surface area (Å²) in [6.45, 7) is 3.72. The molecule has 0 bridgehead atoms. The number of hydrogen-bond acceptors (Lipinski definition) is 5. The monoisotopic (exact) mass is 220 g/mol. The molecule has 0 radical (unpaired) electrons. The molecule has 0 N–H and O–H groups in total. The molecule has 0 amide bonds. The Kier molecular flexibility index (Phi) is 2.29. The Morgan fingerprint density at radius 1 is 1.38 bits per heavy atom. The zero-order valence-electron chi connectivity index (χ0n) is 9.68. The maximum Gasteiger partial charge on any atom is 0.225 e. The summed E-state index contributed by atoms with van der Waals surface area (Å²) in [6.07, 6.45) is 2.31. The van der Waals surface area contributed by atoms with Gasteiger partial charge in [-0.05, 0) is 7.05 Å². The van der Waals surface area contributed by atoms with E-state index in [2.05, 4.69) is 26.8 Å². The van der Waals surface area contributed by atoms with Crippen LogP contribution in [-0.4, -0.2) is 48.2 Å². The number of methoxy groups -OCH3 is 1. The minimum atomic E-state index is 0.347. The minimum absolute atomic E-state index is 0.347. The number of fused-ring (bicyclic) bond motifs is 1. The highest BCUT2D eigenvalue weighted by atomic mass is 16.5. The van der Waals surface area contributed by atoms with Gasteiger partial charge in [0.05, 0.1) is 11.8 Å². The van der Waals surface area contributed by atoms with Gasteiger partial charge in [0.2, 0.25) is 5.95 Å². The molecule has 2 aliphatic heterocycles. The molecular weight excluding hydrogens is 204 g/mol. The summed E-state index contributed by atoms with van der Waals surface area (Å²) < 4.78 is 5.24. The van der Waals surface area contributed by atoms with Crippen LogP contribution in [0.5, 0.6) is 0 Å². The van der Waals surface area contributed by atoms with E-state index in [-0.39, 0.29) is 0 Å². The van der Waals surface area contributed by atoms with E-state index in [1.54, 1.807) is 7.11 Å². The van der Waals surface area contributed by atoms with Crippen molar-refractivity contribution >= 4 is 5.95 Å². The fourth-order valence-electron chi connectivity index (χ4n) is 2.21. The van der Waals surface area contributed by atoms with Gasteiger partial charge in [0, 0.05) is 45.0 Å². The van der Waals surface area contributed by atoms with Crippen LogP contribution in [0.3, 0.4) is 0 Å². The first-order chi connectivity index (χ1) is 7.76.